The van der Waals surface area contributed by atoms with Gasteiger partial charge in [-0.3, -0.25) is 0 Å². The molecule has 0 aliphatic carbocycles. The summed E-state index contributed by atoms with van der Waals surface area (Å²) in [5, 5.41) is 0.961. The minimum atomic E-state index is -0.599. The second kappa shape index (κ2) is 9.70. The molecule has 6 heteroatoms. The van der Waals surface area contributed by atoms with Gasteiger partial charge < -0.3 is 9.64 Å². The summed E-state index contributed by atoms with van der Waals surface area (Å²) in [4.78, 5) is 2.24. The molecule has 0 radical (unpaired) electrons. The van der Waals surface area contributed by atoms with Crippen LogP contribution in [-0.2, 0) is 24.3 Å². The molecule has 0 fully saturated rings. The highest BCUT2D eigenvalue weighted by Gasteiger charge is 2.18. The van der Waals surface area contributed by atoms with Gasteiger partial charge in [0.15, 0.2) is 0 Å². The van der Waals surface area contributed by atoms with E-state index in [-0.39, 0.29) is 6.61 Å². The van der Waals surface area contributed by atoms with Gasteiger partial charge in [0.05, 0.1) is 11.0 Å². The van der Waals surface area contributed by atoms with Crippen LogP contribution in [0.2, 0.25) is 0 Å². The number of hydrogen-bond donors (Lipinski definition) is 0. The van der Waals surface area contributed by atoms with E-state index in [0.717, 1.165) is 34.5 Å². The first-order valence-electron chi connectivity index (χ1n) is 8.98. The Bertz CT molecular complexity index is 894. The Morgan fingerprint density at radius 2 is 1.79 bits per heavy atom. The van der Waals surface area contributed by atoms with E-state index in [1.807, 2.05) is 13.0 Å². The van der Waals surface area contributed by atoms with Crippen molar-refractivity contribution in [1.82, 2.24) is 4.90 Å². The predicted molar refractivity (Wildman–Crippen MR) is 115 cm³/mol. The Balaban J connectivity index is 1.62. The van der Waals surface area contributed by atoms with Crippen LogP contribution in [0, 0.1) is 11.6 Å². The first kappa shape index (κ1) is 21.1. The van der Waals surface area contributed by atoms with Crippen molar-refractivity contribution in [1.29, 1.82) is 0 Å². The number of ether oxygens (including phenoxy) is 1. The average Bonchev–Trinajstić information content (AvgIpc) is 2.66. The fourth-order valence-corrected chi connectivity index (χ4v) is 3.95. The first-order valence-corrected chi connectivity index (χ1v) is 10.9. The highest BCUT2D eigenvalue weighted by Crippen LogP contribution is 2.28. The molecule has 2 aromatic rings. The Morgan fingerprint density at radius 1 is 1.07 bits per heavy atom. The maximum atomic E-state index is 13.8. The van der Waals surface area contributed by atoms with E-state index >= 15 is 0 Å². The van der Waals surface area contributed by atoms with Crippen molar-refractivity contribution in [3.63, 3.8) is 0 Å². The fourth-order valence-electron chi connectivity index (χ4n) is 2.97. The monoisotopic (exact) mass is 511 g/mol. The minimum Gasteiger partial charge on any atom is -0.488 e. The van der Waals surface area contributed by atoms with Crippen molar-refractivity contribution in [3.05, 3.63) is 92.8 Å². The van der Waals surface area contributed by atoms with Gasteiger partial charge in [-0.2, -0.15) is 0 Å². The Kier molecular flexibility index (Phi) is 7.30. The van der Waals surface area contributed by atoms with Gasteiger partial charge in [0, 0.05) is 29.2 Å². The Labute approximate surface area is 181 Å². The molecule has 28 heavy (non-hydrogen) atoms. The Hall–Kier alpha value is -1.66. The molecule has 0 bridgehead atoms. The van der Waals surface area contributed by atoms with E-state index < -0.39 is 11.6 Å². The summed E-state index contributed by atoms with van der Waals surface area (Å²) in [5.74, 6) is -0.519. The van der Waals surface area contributed by atoms with E-state index in [2.05, 4.69) is 61.0 Å². The molecule has 0 aromatic heterocycles. The minimum absolute atomic E-state index is 0.0510. The molecule has 1 aliphatic rings. The van der Waals surface area contributed by atoms with E-state index in [9.17, 15) is 8.78 Å². The fraction of sp³-hybridized carbons (Fsp3) is 0.273. The molecule has 0 spiro atoms. The topological polar surface area (TPSA) is 12.5 Å². The standard InChI is InChI=1S/C22H21Br2F2NO/c1-15-10-22(28-14-18-6-7-19(25)11-21(18)26)20(24)13-27(15)12-17-4-2-16(3-5-17)8-9-23/h2-7,10-11H,8-9,12-14H2,1H3. The van der Waals surface area contributed by atoms with Crippen LogP contribution in [0.4, 0.5) is 8.78 Å². The number of halogens is 4. The molecule has 148 valence electrons. The van der Waals surface area contributed by atoms with Gasteiger partial charge >= 0.3 is 0 Å². The third-order valence-corrected chi connectivity index (χ3v) is 5.65. The van der Waals surface area contributed by atoms with Crippen LogP contribution < -0.4 is 0 Å². The summed E-state index contributed by atoms with van der Waals surface area (Å²) < 4.78 is 33.5. The van der Waals surface area contributed by atoms with Crippen molar-refractivity contribution in [2.45, 2.75) is 26.5 Å². The van der Waals surface area contributed by atoms with Crippen molar-refractivity contribution in [2.24, 2.45) is 0 Å². The molecular formula is C22H21Br2F2NO. The lowest BCUT2D eigenvalue weighted by Crippen LogP contribution is -2.26. The molecule has 2 nitrogen and oxygen atoms in total. The SMILES string of the molecule is CC1=CC(OCc2ccc(F)cc2F)=C(Br)CN1Cc1ccc(CCBr)cc1. The van der Waals surface area contributed by atoms with Crippen LogP contribution in [0.25, 0.3) is 0 Å². The predicted octanol–water partition coefficient (Wildman–Crippen LogP) is 6.44. The van der Waals surface area contributed by atoms with Gasteiger partial charge in [-0.25, -0.2) is 8.78 Å². The molecule has 1 aliphatic heterocycles. The van der Waals surface area contributed by atoms with Crippen LogP contribution in [0.5, 0.6) is 0 Å². The van der Waals surface area contributed by atoms with Crippen LogP contribution >= 0.6 is 31.9 Å². The van der Waals surface area contributed by atoms with Crippen molar-refractivity contribution in [3.8, 4) is 0 Å². The highest BCUT2D eigenvalue weighted by atomic mass is 79.9. The first-order chi connectivity index (χ1) is 13.5. The molecule has 0 atom stereocenters. The van der Waals surface area contributed by atoms with Crippen LogP contribution in [-0.4, -0.2) is 16.8 Å². The van der Waals surface area contributed by atoms with Gasteiger partial charge in [0.25, 0.3) is 0 Å². The number of rotatable bonds is 7. The lowest BCUT2D eigenvalue weighted by Gasteiger charge is -2.30. The molecule has 0 saturated carbocycles. The highest BCUT2D eigenvalue weighted by molar-refractivity contribution is 9.11. The lowest BCUT2D eigenvalue weighted by atomic mass is 10.1. The normalized spacial score (nSPS) is 14.3. The number of alkyl halides is 1. The number of nitrogens with zero attached hydrogens (tertiary/aromatic N) is 1. The third kappa shape index (κ3) is 5.45. The molecular weight excluding hydrogens is 492 g/mol. The zero-order chi connectivity index (χ0) is 20.1. The number of allylic oxidation sites excluding steroid dienone is 2. The molecule has 3 rings (SSSR count). The molecule has 2 aromatic carbocycles. The Morgan fingerprint density at radius 3 is 2.46 bits per heavy atom. The maximum absolute atomic E-state index is 13.8. The maximum Gasteiger partial charge on any atom is 0.133 e. The van der Waals surface area contributed by atoms with Gasteiger partial charge in [-0.1, -0.05) is 40.2 Å². The van der Waals surface area contributed by atoms with E-state index in [0.29, 0.717) is 17.9 Å². The largest absolute Gasteiger partial charge is 0.488 e. The second-order valence-electron chi connectivity index (χ2n) is 6.69. The quantitative estimate of drug-likeness (QED) is 0.395. The summed E-state index contributed by atoms with van der Waals surface area (Å²) in [5.41, 5.74) is 3.95. The van der Waals surface area contributed by atoms with Crippen molar-refractivity contribution < 1.29 is 13.5 Å². The van der Waals surface area contributed by atoms with Crippen LogP contribution in [0.1, 0.15) is 23.6 Å². The number of benzene rings is 2. The smallest absolute Gasteiger partial charge is 0.133 e. The van der Waals surface area contributed by atoms with E-state index in [4.69, 9.17) is 4.74 Å². The van der Waals surface area contributed by atoms with Gasteiger partial charge in [-0.15, -0.1) is 0 Å². The van der Waals surface area contributed by atoms with Crippen LogP contribution in [0.3, 0.4) is 0 Å². The molecule has 0 amide bonds. The average molecular weight is 513 g/mol. The van der Waals surface area contributed by atoms with Gasteiger partial charge in [0.1, 0.15) is 24.0 Å². The number of hydrogen-bond acceptors (Lipinski definition) is 2. The summed E-state index contributed by atoms with van der Waals surface area (Å²) in [6, 6.07) is 12.2. The third-order valence-electron chi connectivity index (χ3n) is 4.61. The van der Waals surface area contributed by atoms with Gasteiger partial charge in [0.2, 0.25) is 0 Å². The van der Waals surface area contributed by atoms with Crippen molar-refractivity contribution in [2.75, 3.05) is 11.9 Å². The summed E-state index contributed by atoms with van der Waals surface area (Å²) >= 11 is 7.04. The molecule has 0 unspecified atom stereocenters. The zero-order valence-corrected chi connectivity index (χ0v) is 18.7. The van der Waals surface area contributed by atoms with Crippen molar-refractivity contribution >= 4 is 31.9 Å². The summed E-state index contributed by atoms with van der Waals surface area (Å²) in [7, 11) is 0. The summed E-state index contributed by atoms with van der Waals surface area (Å²) in [6.45, 7) is 3.55. The number of aryl methyl sites for hydroxylation is 1. The molecule has 0 saturated heterocycles. The molecule has 0 N–H and O–H groups in total. The zero-order valence-electron chi connectivity index (χ0n) is 15.5. The van der Waals surface area contributed by atoms with Crippen LogP contribution in [0.15, 0.2) is 64.5 Å². The lowest BCUT2D eigenvalue weighted by molar-refractivity contribution is 0.197. The van der Waals surface area contributed by atoms with Gasteiger partial charge in [-0.05, 0) is 58.6 Å². The summed E-state index contributed by atoms with van der Waals surface area (Å²) in [6.07, 6.45) is 2.96. The second-order valence-corrected chi connectivity index (χ2v) is 8.44. The van der Waals surface area contributed by atoms with E-state index in [1.165, 1.54) is 23.3 Å². The molecule has 1 heterocycles. The van der Waals surface area contributed by atoms with E-state index in [1.54, 1.807) is 0 Å².